The van der Waals surface area contributed by atoms with Crippen LogP contribution in [0.25, 0.3) is 16.6 Å². The summed E-state index contributed by atoms with van der Waals surface area (Å²) in [7, 11) is 0. The van der Waals surface area contributed by atoms with E-state index in [1.807, 2.05) is 6.07 Å². The molecule has 1 aliphatic heterocycles. The maximum absolute atomic E-state index is 12.9. The first kappa shape index (κ1) is 17.9. The summed E-state index contributed by atoms with van der Waals surface area (Å²) >= 11 is 0. The van der Waals surface area contributed by atoms with E-state index in [9.17, 15) is 13.2 Å². The van der Waals surface area contributed by atoms with Crippen molar-refractivity contribution in [2.45, 2.75) is 25.7 Å². The molecule has 4 aromatic rings. The van der Waals surface area contributed by atoms with Crippen LogP contribution < -0.4 is 0 Å². The molecule has 2 aromatic heterocycles. The lowest BCUT2D eigenvalue weighted by Gasteiger charge is -2.25. The third-order valence-electron chi connectivity index (χ3n) is 5.33. The number of nitrogens with zero attached hydrogens (tertiary/aromatic N) is 4. The molecule has 0 saturated carbocycles. The zero-order chi connectivity index (χ0) is 20.0. The molecule has 1 aliphatic rings. The van der Waals surface area contributed by atoms with Gasteiger partial charge in [0, 0.05) is 36.2 Å². The van der Waals surface area contributed by atoms with Gasteiger partial charge in [0.15, 0.2) is 0 Å². The fourth-order valence-corrected chi connectivity index (χ4v) is 3.93. The van der Waals surface area contributed by atoms with Crippen molar-refractivity contribution in [2.75, 3.05) is 6.54 Å². The average Bonchev–Trinajstić information content (AvgIpc) is 3.31. The molecule has 0 atom stereocenters. The Kier molecular flexibility index (Phi) is 4.16. The van der Waals surface area contributed by atoms with Crippen LogP contribution in [0.1, 0.15) is 22.5 Å². The van der Waals surface area contributed by atoms with Crippen molar-refractivity contribution in [1.29, 1.82) is 0 Å². The van der Waals surface area contributed by atoms with Gasteiger partial charge >= 0.3 is 6.18 Å². The summed E-state index contributed by atoms with van der Waals surface area (Å²) in [6.45, 7) is 2.26. The number of para-hydroxylation sites is 1. The van der Waals surface area contributed by atoms with Crippen LogP contribution in [-0.4, -0.2) is 31.4 Å². The minimum atomic E-state index is -4.38. The molecule has 0 amide bonds. The Morgan fingerprint density at radius 3 is 2.79 bits per heavy atom. The zero-order valence-electron chi connectivity index (χ0n) is 15.4. The molecule has 0 aliphatic carbocycles. The van der Waals surface area contributed by atoms with Crippen LogP contribution in [0.2, 0.25) is 0 Å². The summed E-state index contributed by atoms with van der Waals surface area (Å²) < 4.78 is 40.2. The summed E-state index contributed by atoms with van der Waals surface area (Å²) in [6.07, 6.45) is -1.75. The number of rotatable bonds is 3. The molecule has 8 heteroatoms. The molecular formula is C21H18F3N5. The van der Waals surface area contributed by atoms with Gasteiger partial charge in [-0.05, 0) is 36.2 Å². The summed E-state index contributed by atoms with van der Waals surface area (Å²) in [6, 6.07) is 13.4. The van der Waals surface area contributed by atoms with Crippen LogP contribution in [-0.2, 0) is 25.7 Å². The second-order valence-electron chi connectivity index (χ2n) is 7.29. The lowest BCUT2D eigenvalue weighted by molar-refractivity contribution is -0.137. The van der Waals surface area contributed by atoms with Crippen molar-refractivity contribution >= 4 is 10.9 Å². The number of hydrogen-bond donors (Lipinski definition) is 1. The van der Waals surface area contributed by atoms with Crippen LogP contribution in [0.4, 0.5) is 13.2 Å². The Labute approximate surface area is 164 Å². The Bertz CT molecular complexity index is 1170. The van der Waals surface area contributed by atoms with Gasteiger partial charge in [0.1, 0.15) is 0 Å². The zero-order valence-corrected chi connectivity index (χ0v) is 15.4. The molecule has 3 heterocycles. The van der Waals surface area contributed by atoms with E-state index in [0.717, 1.165) is 42.9 Å². The summed E-state index contributed by atoms with van der Waals surface area (Å²) in [5, 5.41) is 9.45. The van der Waals surface area contributed by atoms with Crippen LogP contribution in [0.5, 0.6) is 0 Å². The van der Waals surface area contributed by atoms with E-state index in [-0.39, 0.29) is 0 Å². The highest BCUT2D eigenvalue weighted by molar-refractivity contribution is 5.84. The van der Waals surface area contributed by atoms with E-state index in [1.165, 1.54) is 27.4 Å². The van der Waals surface area contributed by atoms with Crippen molar-refractivity contribution < 1.29 is 13.2 Å². The average molecular weight is 397 g/mol. The normalized spacial score (nSPS) is 15.0. The van der Waals surface area contributed by atoms with E-state index in [1.54, 1.807) is 12.3 Å². The van der Waals surface area contributed by atoms with Gasteiger partial charge in [0.25, 0.3) is 0 Å². The van der Waals surface area contributed by atoms with Crippen molar-refractivity contribution in [3.05, 3.63) is 77.2 Å². The maximum atomic E-state index is 12.9. The summed E-state index contributed by atoms with van der Waals surface area (Å²) in [4.78, 5) is 5.76. The van der Waals surface area contributed by atoms with Crippen molar-refractivity contribution in [3.63, 3.8) is 0 Å². The van der Waals surface area contributed by atoms with Gasteiger partial charge in [0.05, 0.1) is 23.1 Å². The quantitative estimate of drug-likeness (QED) is 0.560. The molecule has 2 aromatic carbocycles. The highest BCUT2D eigenvalue weighted by Gasteiger charge is 2.30. The molecule has 0 spiro atoms. The Morgan fingerprint density at radius 2 is 1.93 bits per heavy atom. The Balaban J connectivity index is 1.33. The molecule has 5 rings (SSSR count). The predicted molar refractivity (Wildman–Crippen MR) is 102 cm³/mol. The van der Waals surface area contributed by atoms with E-state index >= 15 is 0 Å². The molecule has 29 heavy (non-hydrogen) atoms. The molecule has 0 bridgehead atoms. The fourth-order valence-electron chi connectivity index (χ4n) is 3.93. The molecular weight excluding hydrogens is 379 g/mol. The van der Waals surface area contributed by atoms with Gasteiger partial charge in [-0.1, -0.05) is 29.5 Å². The number of H-pyrrole nitrogens is 1. The van der Waals surface area contributed by atoms with E-state index in [0.29, 0.717) is 12.2 Å². The number of nitrogens with one attached hydrogen (secondary N) is 1. The number of benzene rings is 2. The lowest BCUT2D eigenvalue weighted by atomic mass is 10.0. The monoisotopic (exact) mass is 397 g/mol. The van der Waals surface area contributed by atoms with E-state index in [4.69, 9.17) is 0 Å². The molecule has 0 radical (unpaired) electrons. The molecule has 0 fully saturated rings. The fraction of sp³-hybridized carbons (Fsp3) is 0.238. The molecule has 148 valence electrons. The first-order valence-electron chi connectivity index (χ1n) is 9.37. The minimum Gasteiger partial charge on any atom is -0.357 e. The van der Waals surface area contributed by atoms with Gasteiger partial charge in [-0.2, -0.15) is 13.2 Å². The second kappa shape index (κ2) is 6.73. The number of alkyl halides is 3. The lowest BCUT2D eigenvalue weighted by Crippen LogP contribution is -2.30. The van der Waals surface area contributed by atoms with Crippen molar-refractivity contribution in [1.82, 2.24) is 24.9 Å². The van der Waals surface area contributed by atoms with E-state index < -0.39 is 11.7 Å². The van der Waals surface area contributed by atoms with Crippen LogP contribution in [0.3, 0.4) is 0 Å². The van der Waals surface area contributed by atoms with Gasteiger partial charge in [0.2, 0.25) is 0 Å². The third kappa shape index (κ3) is 3.40. The second-order valence-corrected chi connectivity index (χ2v) is 7.29. The SMILES string of the molecule is FC(F)(F)c1cccc(-n2cc(CN3CCc4c([nH]c5ccccc45)C3)nn2)c1. The number of fused-ring (bicyclic) bond motifs is 3. The highest BCUT2D eigenvalue weighted by Crippen LogP contribution is 2.30. The van der Waals surface area contributed by atoms with Crippen LogP contribution in [0.15, 0.2) is 54.7 Å². The third-order valence-corrected chi connectivity index (χ3v) is 5.33. The topological polar surface area (TPSA) is 49.7 Å². The summed E-state index contributed by atoms with van der Waals surface area (Å²) in [5.74, 6) is 0. The molecule has 0 saturated heterocycles. The largest absolute Gasteiger partial charge is 0.416 e. The number of hydrogen-bond acceptors (Lipinski definition) is 3. The smallest absolute Gasteiger partial charge is 0.357 e. The highest BCUT2D eigenvalue weighted by atomic mass is 19.4. The van der Waals surface area contributed by atoms with Crippen molar-refractivity contribution in [3.8, 4) is 5.69 Å². The van der Waals surface area contributed by atoms with Gasteiger partial charge in [-0.25, -0.2) is 4.68 Å². The standard InChI is InChI=1S/C21H18F3N5/c22-21(23,24)14-4-3-5-16(10-14)29-12-15(26-27-29)11-28-9-8-18-17-6-1-2-7-19(17)25-20(18)13-28/h1-7,10,12,25H,8-9,11,13H2. The minimum absolute atomic E-state index is 0.343. The van der Waals surface area contributed by atoms with Gasteiger partial charge in [-0.15, -0.1) is 5.10 Å². The Hall–Kier alpha value is -3.13. The Morgan fingerprint density at radius 1 is 1.07 bits per heavy atom. The van der Waals surface area contributed by atoms with E-state index in [2.05, 4.69) is 38.4 Å². The first-order valence-corrected chi connectivity index (χ1v) is 9.37. The molecule has 1 N–H and O–H groups in total. The number of aromatic nitrogens is 4. The maximum Gasteiger partial charge on any atom is 0.416 e. The van der Waals surface area contributed by atoms with Crippen LogP contribution in [0, 0.1) is 0 Å². The molecule has 0 unspecified atom stereocenters. The summed E-state index contributed by atoms with van der Waals surface area (Å²) in [5.41, 5.74) is 4.09. The van der Waals surface area contributed by atoms with Crippen molar-refractivity contribution in [2.24, 2.45) is 0 Å². The number of halogens is 3. The predicted octanol–water partition coefficient (Wildman–Crippen LogP) is 4.33. The number of aromatic amines is 1. The first-order chi connectivity index (χ1) is 14.0. The van der Waals surface area contributed by atoms with Crippen LogP contribution >= 0.6 is 0 Å². The molecule has 5 nitrogen and oxygen atoms in total. The van der Waals surface area contributed by atoms with Gasteiger partial charge in [-0.3, -0.25) is 4.90 Å². The van der Waals surface area contributed by atoms with Gasteiger partial charge < -0.3 is 4.98 Å².